The van der Waals surface area contributed by atoms with Crippen LogP contribution in [0.4, 0.5) is 8.78 Å². The molecule has 0 N–H and O–H groups in total. The van der Waals surface area contributed by atoms with Gasteiger partial charge in [-0.15, -0.1) is 5.10 Å². The summed E-state index contributed by atoms with van der Waals surface area (Å²) < 4.78 is 51.6. The van der Waals surface area contributed by atoms with Crippen molar-refractivity contribution in [1.82, 2.24) is 10.2 Å². The number of rotatable bonds is 5. The number of aromatic nitrogens is 2. The Balaban J connectivity index is 2.79. The molecule has 0 radical (unpaired) electrons. The van der Waals surface area contributed by atoms with Crippen molar-refractivity contribution in [3.8, 4) is 0 Å². The fraction of sp³-hybridized carbons (Fsp3) is 0.556. The summed E-state index contributed by atoms with van der Waals surface area (Å²) in [7, 11) is -3.79. The van der Waals surface area contributed by atoms with Crippen LogP contribution in [-0.2, 0) is 9.84 Å². The van der Waals surface area contributed by atoms with Gasteiger partial charge < -0.3 is 4.42 Å². The Morgan fingerprint density at radius 1 is 1.41 bits per heavy atom. The van der Waals surface area contributed by atoms with E-state index in [1.807, 2.05) is 0 Å². The van der Waals surface area contributed by atoms with Gasteiger partial charge in [0, 0.05) is 5.92 Å². The standard InChI is InChI=1S/C9H12F2N2O3S/c1-6(2)8-12-13-9(16-8)17(14,15)5-3-4-7(10)11/h4,6H,3,5H2,1-2H3. The van der Waals surface area contributed by atoms with E-state index in [9.17, 15) is 17.2 Å². The Hall–Kier alpha value is -1.31. The lowest BCUT2D eigenvalue weighted by atomic mass is 10.2. The van der Waals surface area contributed by atoms with Gasteiger partial charge in [0.15, 0.2) is 0 Å². The van der Waals surface area contributed by atoms with Crippen LogP contribution in [0.3, 0.4) is 0 Å². The van der Waals surface area contributed by atoms with E-state index in [1.165, 1.54) is 0 Å². The highest BCUT2D eigenvalue weighted by atomic mass is 32.2. The van der Waals surface area contributed by atoms with Gasteiger partial charge in [0.1, 0.15) is 0 Å². The maximum absolute atomic E-state index is 11.7. The van der Waals surface area contributed by atoms with E-state index in [-0.39, 0.29) is 18.2 Å². The second kappa shape index (κ2) is 5.35. The van der Waals surface area contributed by atoms with E-state index < -0.39 is 26.9 Å². The van der Waals surface area contributed by atoms with E-state index in [4.69, 9.17) is 4.42 Å². The highest BCUT2D eigenvalue weighted by molar-refractivity contribution is 7.91. The number of sulfone groups is 1. The summed E-state index contributed by atoms with van der Waals surface area (Å²) in [5, 5.41) is 6.44. The first-order valence-corrected chi connectivity index (χ1v) is 6.55. The van der Waals surface area contributed by atoms with Gasteiger partial charge >= 0.3 is 5.22 Å². The minimum atomic E-state index is -3.79. The van der Waals surface area contributed by atoms with Crippen LogP contribution in [0.25, 0.3) is 0 Å². The third kappa shape index (κ3) is 3.88. The smallest absolute Gasteiger partial charge is 0.335 e. The number of hydrogen-bond donors (Lipinski definition) is 0. The predicted molar refractivity (Wildman–Crippen MR) is 55.4 cm³/mol. The van der Waals surface area contributed by atoms with E-state index in [1.54, 1.807) is 13.8 Å². The Kier molecular flexibility index (Phi) is 4.33. The molecule has 0 fully saturated rings. The summed E-state index contributed by atoms with van der Waals surface area (Å²) in [4.78, 5) is 0. The first-order chi connectivity index (χ1) is 7.83. The van der Waals surface area contributed by atoms with Crippen LogP contribution in [0.15, 0.2) is 21.8 Å². The molecule has 0 unspecified atom stereocenters. The quantitative estimate of drug-likeness (QED) is 0.816. The van der Waals surface area contributed by atoms with Crippen molar-refractivity contribution in [2.75, 3.05) is 5.75 Å². The van der Waals surface area contributed by atoms with Gasteiger partial charge in [-0.05, 0) is 12.5 Å². The summed E-state index contributed by atoms with van der Waals surface area (Å²) in [6.07, 6.45) is -1.66. The molecule has 5 nitrogen and oxygen atoms in total. The molecule has 0 saturated carbocycles. The van der Waals surface area contributed by atoms with Gasteiger partial charge in [-0.1, -0.05) is 18.9 Å². The van der Waals surface area contributed by atoms with Crippen molar-refractivity contribution < 1.29 is 21.6 Å². The molecule has 1 aromatic heterocycles. The minimum Gasteiger partial charge on any atom is -0.412 e. The summed E-state index contributed by atoms with van der Waals surface area (Å²) in [6.45, 7) is 3.54. The van der Waals surface area contributed by atoms with Gasteiger partial charge in [0.05, 0.1) is 5.75 Å². The predicted octanol–water partition coefficient (Wildman–Crippen LogP) is 2.14. The molecule has 0 aromatic carbocycles. The third-order valence-electron chi connectivity index (χ3n) is 1.87. The molecule has 0 saturated heterocycles. The maximum atomic E-state index is 11.7. The topological polar surface area (TPSA) is 73.1 Å². The fourth-order valence-electron chi connectivity index (χ4n) is 0.990. The summed E-state index contributed by atoms with van der Waals surface area (Å²) in [5.74, 6) is -0.366. The Labute approximate surface area is 97.5 Å². The molecule has 1 rings (SSSR count). The molecule has 96 valence electrons. The fourth-order valence-corrected chi connectivity index (χ4v) is 1.97. The molecule has 1 heterocycles. The molecule has 0 spiro atoms. The molecule has 0 aliphatic carbocycles. The summed E-state index contributed by atoms with van der Waals surface area (Å²) in [6, 6.07) is 0. The van der Waals surface area contributed by atoms with Crippen molar-refractivity contribution in [2.24, 2.45) is 0 Å². The molecule has 0 aliphatic rings. The zero-order valence-electron chi connectivity index (χ0n) is 9.35. The van der Waals surface area contributed by atoms with Crippen LogP contribution >= 0.6 is 0 Å². The lowest BCUT2D eigenvalue weighted by Gasteiger charge is -1.96. The van der Waals surface area contributed by atoms with Crippen molar-refractivity contribution in [3.63, 3.8) is 0 Å². The molecule has 0 bridgehead atoms. The summed E-state index contributed by atoms with van der Waals surface area (Å²) >= 11 is 0. The van der Waals surface area contributed by atoms with Gasteiger partial charge in [-0.2, -0.15) is 8.78 Å². The Bertz CT molecular complexity index is 504. The average Bonchev–Trinajstić information content (AvgIpc) is 2.65. The van der Waals surface area contributed by atoms with E-state index in [0.29, 0.717) is 6.08 Å². The molecular weight excluding hydrogens is 254 g/mol. The monoisotopic (exact) mass is 266 g/mol. The number of halogens is 2. The largest absolute Gasteiger partial charge is 0.412 e. The lowest BCUT2D eigenvalue weighted by molar-refractivity contribution is 0.384. The van der Waals surface area contributed by atoms with Crippen molar-refractivity contribution in [2.45, 2.75) is 31.4 Å². The van der Waals surface area contributed by atoms with Crippen LogP contribution in [-0.4, -0.2) is 24.4 Å². The molecule has 0 aliphatic heterocycles. The van der Waals surface area contributed by atoms with Crippen LogP contribution in [0, 0.1) is 0 Å². The number of nitrogens with zero attached hydrogens (tertiary/aromatic N) is 2. The minimum absolute atomic E-state index is 0.0883. The van der Waals surface area contributed by atoms with E-state index in [2.05, 4.69) is 10.2 Å². The van der Waals surface area contributed by atoms with Crippen molar-refractivity contribution in [1.29, 1.82) is 0 Å². The maximum Gasteiger partial charge on any atom is 0.335 e. The van der Waals surface area contributed by atoms with Crippen molar-refractivity contribution in [3.05, 3.63) is 18.0 Å². The van der Waals surface area contributed by atoms with Crippen LogP contribution in [0.5, 0.6) is 0 Å². The van der Waals surface area contributed by atoms with Gasteiger partial charge in [-0.25, -0.2) is 8.42 Å². The Morgan fingerprint density at radius 2 is 2.06 bits per heavy atom. The Morgan fingerprint density at radius 3 is 2.53 bits per heavy atom. The van der Waals surface area contributed by atoms with Crippen molar-refractivity contribution >= 4 is 9.84 Å². The molecule has 0 atom stereocenters. The first-order valence-electron chi connectivity index (χ1n) is 4.90. The third-order valence-corrected chi connectivity index (χ3v) is 3.34. The number of hydrogen-bond acceptors (Lipinski definition) is 5. The zero-order chi connectivity index (χ0) is 13.1. The molecule has 0 amide bonds. The lowest BCUT2D eigenvalue weighted by Crippen LogP contribution is -2.06. The normalized spacial score (nSPS) is 11.8. The van der Waals surface area contributed by atoms with E-state index in [0.717, 1.165) is 0 Å². The molecule has 8 heteroatoms. The van der Waals surface area contributed by atoms with Gasteiger partial charge in [-0.3, -0.25) is 0 Å². The highest BCUT2D eigenvalue weighted by Gasteiger charge is 2.22. The summed E-state index contributed by atoms with van der Waals surface area (Å²) in [5.41, 5.74) is 0. The highest BCUT2D eigenvalue weighted by Crippen LogP contribution is 2.16. The zero-order valence-corrected chi connectivity index (χ0v) is 10.2. The first kappa shape index (κ1) is 13.8. The molecular formula is C9H12F2N2O3S. The van der Waals surface area contributed by atoms with E-state index >= 15 is 0 Å². The van der Waals surface area contributed by atoms with Gasteiger partial charge in [0.25, 0.3) is 6.08 Å². The van der Waals surface area contributed by atoms with Crippen LogP contribution < -0.4 is 0 Å². The molecule has 1 aromatic rings. The van der Waals surface area contributed by atoms with Crippen LogP contribution in [0.2, 0.25) is 0 Å². The second-order valence-electron chi connectivity index (χ2n) is 3.66. The van der Waals surface area contributed by atoms with Crippen LogP contribution in [0.1, 0.15) is 32.1 Å². The SMILES string of the molecule is CC(C)c1nnc(S(=O)(=O)CCC=C(F)F)o1. The number of allylic oxidation sites excluding steroid dienone is 1. The average molecular weight is 266 g/mol. The van der Waals surface area contributed by atoms with Gasteiger partial charge in [0.2, 0.25) is 15.7 Å². The second-order valence-corrected chi connectivity index (χ2v) is 5.65. The molecule has 17 heavy (non-hydrogen) atoms.